The van der Waals surface area contributed by atoms with E-state index >= 15 is 0 Å². The summed E-state index contributed by atoms with van der Waals surface area (Å²) in [6.07, 6.45) is 2.06. The van der Waals surface area contributed by atoms with Gasteiger partial charge in [0.25, 0.3) is 5.91 Å². The predicted molar refractivity (Wildman–Crippen MR) is 97.8 cm³/mol. The zero-order valence-electron chi connectivity index (χ0n) is 14.7. The first kappa shape index (κ1) is 17.7. The molecule has 2 aromatic rings. The predicted octanol–water partition coefficient (Wildman–Crippen LogP) is 2.93. The molecule has 1 saturated heterocycles. The minimum Gasteiger partial charge on any atom is -0.322 e. The zero-order valence-corrected chi connectivity index (χ0v) is 15.5. The molecule has 25 heavy (non-hydrogen) atoms. The summed E-state index contributed by atoms with van der Waals surface area (Å²) >= 11 is 0. The van der Waals surface area contributed by atoms with Crippen LogP contribution in [0.4, 0.5) is 5.69 Å². The van der Waals surface area contributed by atoms with Gasteiger partial charge in [0, 0.05) is 11.4 Å². The van der Waals surface area contributed by atoms with Gasteiger partial charge in [-0.3, -0.25) is 9.48 Å². The van der Waals surface area contributed by atoms with E-state index in [2.05, 4.69) is 24.3 Å². The quantitative estimate of drug-likeness (QED) is 0.908. The number of carbonyl (C=O) groups is 1. The molecule has 1 aliphatic rings. The Morgan fingerprint density at radius 2 is 1.96 bits per heavy atom. The van der Waals surface area contributed by atoms with Gasteiger partial charge in [-0.05, 0) is 37.0 Å². The number of amides is 1. The highest BCUT2D eigenvalue weighted by atomic mass is 32.2. The SMILES string of the molecule is Cc1c(C(=O)Nc2ccc(C(C)C)cc2)cnn1C1CCS(=O)(=O)C1. The van der Waals surface area contributed by atoms with E-state index in [1.165, 1.54) is 11.8 Å². The molecule has 0 radical (unpaired) electrons. The van der Waals surface area contributed by atoms with Crippen LogP contribution in [0.5, 0.6) is 0 Å². The summed E-state index contributed by atoms with van der Waals surface area (Å²) in [6.45, 7) is 6.04. The number of aromatic nitrogens is 2. The van der Waals surface area contributed by atoms with Crippen molar-refractivity contribution in [1.82, 2.24) is 9.78 Å². The molecule has 0 saturated carbocycles. The highest BCUT2D eigenvalue weighted by Crippen LogP contribution is 2.26. The number of hydrogen-bond donors (Lipinski definition) is 1. The third-order valence-corrected chi connectivity index (χ3v) is 6.43. The monoisotopic (exact) mass is 361 g/mol. The number of sulfone groups is 1. The summed E-state index contributed by atoms with van der Waals surface area (Å²) in [5.74, 6) is 0.475. The summed E-state index contributed by atoms with van der Waals surface area (Å²) in [5, 5.41) is 7.13. The largest absolute Gasteiger partial charge is 0.322 e. The maximum atomic E-state index is 12.5. The van der Waals surface area contributed by atoms with E-state index in [-0.39, 0.29) is 23.5 Å². The minimum atomic E-state index is -2.99. The number of rotatable bonds is 4. The first-order valence-electron chi connectivity index (χ1n) is 8.42. The van der Waals surface area contributed by atoms with E-state index in [0.29, 0.717) is 23.6 Å². The Kier molecular flexibility index (Phi) is 4.69. The van der Waals surface area contributed by atoms with E-state index < -0.39 is 9.84 Å². The molecule has 1 aromatic carbocycles. The fourth-order valence-electron chi connectivity index (χ4n) is 3.13. The Morgan fingerprint density at radius 1 is 1.28 bits per heavy atom. The molecule has 1 aromatic heterocycles. The number of anilines is 1. The van der Waals surface area contributed by atoms with Crippen molar-refractivity contribution in [2.45, 2.75) is 39.2 Å². The van der Waals surface area contributed by atoms with Gasteiger partial charge in [0.1, 0.15) is 0 Å². The Bertz CT molecular complexity index is 883. The number of carbonyl (C=O) groups excluding carboxylic acids is 1. The van der Waals surface area contributed by atoms with Crippen molar-refractivity contribution >= 4 is 21.4 Å². The van der Waals surface area contributed by atoms with E-state index in [1.54, 1.807) is 11.6 Å². The van der Waals surface area contributed by atoms with E-state index in [1.807, 2.05) is 24.3 Å². The molecule has 1 atom stereocenters. The van der Waals surface area contributed by atoms with Crippen LogP contribution in [0.1, 0.15) is 53.8 Å². The van der Waals surface area contributed by atoms with Crippen LogP contribution in [-0.2, 0) is 9.84 Å². The van der Waals surface area contributed by atoms with E-state index in [9.17, 15) is 13.2 Å². The van der Waals surface area contributed by atoms with Crippen molar-refractivity contribution < 1.29 is 13.2 Å². The van der Waals surface area contributed by atoms with Crippen molar-refractivity contribution in [2.24, 2.45) is 0 Å². The van der Waals surface area contributed by atoms with Crippen LogP contribution in [0.15, 0.2) is 30.5 Å². The maximum absolute atomic E-state index is 12.5. The molecule has 2 heterocycles. The molecule has 0 spiro atoms. The topological polar surface area (TPSA) is 81.1 Å². The van der Waals surface area contributed by atoms with Crippen LogP contribution in [-0.4, -0.2) is 35.6 Å². The smallest absolute Gasteiger partial charge is 0.259 e. The molecule has 1 aliphatic heterocycles. The fourth-order valence-corrected chi connectivity index (χ4v) is 4.82. The highest BCUT2D eigenvalue weighted by molar-refractivity contribution is 7.91. The first-order valence-corrected chi connectivity index (χ1v) is 10.2. The maximum Gasteiger partial charge on any atom is 0.259 e. The Morgan fingerprint density at radius 3 is 2.52 bits per heavy atom. The van der Waals surface area contributed by atoms with E-state index in [4.69, 9.17) is 0 Å². The molecule has 1 N–H and O–H groups in total. The lowest BCUT2D eigenvalue weighted by atomic mass is 10.0. The fraction of sp³-hybridized carbons (Fsp3) is 0.444. The summed E-state index contributed by atoms with van der Waals surface area (Å²) in [4.78, 5) is 12.5. The second-order valence-corrected chi connectivity index (χ2v) is 9.10. The highest BCUT2D eigenvalue weighted by Gasteiger charge is 2.31. The van der Waals surface area contributed by atoms with Gasteiger partial charge >= 0.3 is 0 Å². The van der Waals surface area contributed by atoms with Crippen LogP contribution < -0.4 is 5.32 Å². The summed E-state index contributed by atoms with van der Waals surface area (Å²) < 4.78 is 25.0. The molecule has 1 fully saturated rings. The average Bonchev–Trinajstić information content (AvgIpc) is 3.10. The lowest BCUT2D eigenvalue weighted by Crippen LogP contribution is -2.16. The Balaban J connectivity index is 1.75. The minimum absolute atomic E-state index is 0.0905. The Labute approximate surface area is 148 Å². The van der Waals surface area contributed by atoms with Gasteiger partial charge in [0.05, 0.1) is 29.3 Å². The summed E-state index contributed by atoms with van der Waals surface area (Å²) in [6, 6.07) is 7.59. The number of hydrogen-bond acceptors (Lipinski definition) is 4. The van der Waals surface area contributed by atoms with Crippen molar-refractivity contribution in [3.05, 3.63) is 47.3 Å². The van der Waals surface area contributed by atoms with Gasteiger partial charge in [-0.25, -0.2) is 8.42 Å². The first-order chi connectivity index (χ1) is 11.8. The molecule has 1 amide bonds. The van der Waals surface area contributed by atoms with E-state index in [0.717, 1.165) is 5.69 Å². The summed E-state index contributed by atoms with van der Waals surface area (Å²) in [7, 11) is -2.99. The van der Waals surface area contributed by atoms with Crippen LogP contribution in [0.2, 0.25) is 0 Å². The van der Waals surface area contributed by atoms with Gasteiger partial charge in [0.15, 0.2) is 9.84 Å². The van der Waals surface area contributed by atoms with Gasteiger partial charge in [-0.15, -0.1) is 0 Å². The van der Waals surface area contributed by atoms with Gasteiger partial charge in [-0.1, -0.05) is 26.0 Å². The average molecular weight is 361 g/mol. The Hall–Kier alpha value is -2.15. The van der Waals surface area contributed by atoms with Crippen molar-refractivity contribution in [3.63, 3.8) is 0 Å². The molecular weight excluding hydrogens is 338 g/mol. The lowest BCUT2D eigenvalue weighted by Gasteiger charge is -2.12. The molecule has 134 valence electrons. The third-order valence-electron chi connectivity index (χ3n) is 4.68. The summed E-state index contributed by atoms with van der Waals surface area (Å²) in [5.41, 5.74) is 3.10. The zero-order chi connectivity index (χ0) is 18.2. The van der Waals surface area contributed by atoms with Crippen molar-refractivity contribution in [2.75, 3.05) is 16.8 Å². The molecular formula is C18H23N3O3S. The number of benzene rings is 1. The van der Waals surface area contributed by atoms with Gasteiger partial charge in [0.2, 0.25) is 0 Å². The van der Waals surface area contributed by atoms with Crippen LogP contribution in [0.3, 0.4) is 0 Å². The second kappa shape index (κ2) is 6.63. The van der Waals surface area contributed by atoms with Crippen LogP contribution in [0, 0.1) is 6.92 Å². The van der Waals surface area contributed by atoms with Crippen molar-refractivity contribution in [1.29, 1.82) is 0 Å². The van der Waals surface area contributed by atoms with Crippen LogP contribution >= 0.6 is 0 Å². The molecule has 7 heteroatoms. The third kappa shape index (κ3) is 3.76. The standard InChI is InChI=1S/C18H23N3O3S/c1-12(2)14-4-6-15(7-5-14)20-18(22)17-10-19-21(13(17)3)16-8-9-25(23,24)11-16/h4-7,10,12,16H,8-9,11H2,1-3H3,(H,20,22). The molecule has 0 aliphatic carbocycles. The van der Waals surface area contributed by atoms with Gasteiger partial charge < -0.3 is 5.32 Å². The van der Waals surface area contributed by atoms with Crippen LogP contribution in [0.25, 0.3) is 0 Å². The van der Waals surface area contributed by atoms with Crippen molar-refractivity contribution in [3.8, 4) is 0 Å². The van der Waals surface area contributed by atoms with Gasteiger partial charge in [-0.2, -0.15) is 5.10 Å². The second-order valence-electron chi connectivity index (χ2n) is 6.88. The lowest BCUT2D eigenvalue weighted by molar-refractivity contribution is 0.102. The molecule has 6 nitrogen and oxygen atoms in total. The number of nitrogens with zero attached hydrogens (tertiary/aromatic N) is 2. The normalized spacial score (nSPS) is 19.3. The molecule has 1 unspecified atom stereocenters. The number of nitrogens with one attached hydrogen (secondary N) is 1. The molecule has 3 rings (SSSR count). The molecule has 0 bridgehead atoms.